The molecule has 1 aromatic heterocycles. The van der Waals surface area contributed by atoms with E-state index >= 15 is 0 Å². The number of thioether (sulfide) groups is 1. The predicted molar refractivity (Wildman–Crippen MR) is 165 cm³/mol. The number of aliphatic hydroxyl groups is 1. The molecule has 1 N–H and O–H groups in total. The third kappa shape index (κ3) is 4.42. The molecule has 1 aliphatic heterocycles. The summed E-state index contributed by atoms with van der Waals surface area (Å²) in [6.45, 7) is 10.6. The van der Waals surface area contributed by atoms with E-state index in [1.165, 1.54) is 0 Å². The van der Waals surface area contributed by atoms with Gasteiger partial charge < -0.3 is 10.0 Å². The SMILES string of the molecule is Cn1cc(C(O)[C@]2([SiH](C)C)C(=O)N(C(C)(C)C)[C@@H]2SC(c2ccccc2)(c2ccccc2)c2ccccc2)nn1. The van der Waals surface area contributed by atoms with Gasteiger partial charge in [-0.15, -0.1) is 16.9 Å². The molecule has 3 aromatic carbocycles. The molecule has 6 nitrogen and oxygen atoms in total. The number of amides is 1. The number of aryl methyl sites for hydroxylation is 1. The lowest BCUT2D eigenvalue weighted by atomic mass is 9.83. The summed E-state index contributed by atoms with van der Waals surface area (Å²) in [7, 11) is -0.0865. The van der Waals surface area contributed by atoms with Gasteiger partial charge in [-0.25, -0.2) is 0 Å². The van der Waals surface area contributed by atoms with Crippen LogP contribution in [0.1, 0.15) is 49.3 Å². The Bertz CT molecular complexity index is 1360. The molecular formula is C32H38N4O2SSi. The van der Waals surface area contributed by atoms with Gasteiger partial charge in [0.1, 0.15) is 11.8 Å². The zero-order chi connectivity index (χ0) is 28.7. The largest absolute Gasteiger partial charge is 0.386 e. The lowest BCUT2D eigenvalue weighted by molar-refractivity contribution is -0.164. The van der Waals surface area contributed by atoms with Gasteiger partial charge in [-0.2, -0.15) is 0 Å². The molecule has 0 spiro atoms. The van der Waals surface area contributed by atoms with Crippen molar-refractivity contribution in [1.29, 1.82) is 0 Å². The van der Waals surface area contributed by atoms with E-state index < -0.39 is 30.2 Å². The minimum atomic E-state index is -1.87. The fourth-order valence-electron chi connectivity index (χ4n) is 6.10. The minimum absolute atomic E-state index is 0.000375. The van der Waals surface area contributed by atoms with Crippen LogP contribution < -0.4 is 0 Å². The maximum absolute atomic E-state index is 14.4. The lowest BCUT2D eigenvalue weighted by Gasteiger charge is -2.64. The topological polar surface area (TPSA) is 71.2 Å². The Morgan fingerprint density at radius 3 is 1.68 bits per heavy atom. The molecule has 0 aliphatic carbocycles. The summed E-state index contributed by atoms with van der Waals surface area (Å²) in [6, 6.07) is 31.6. The molecule has 4 aromatic rings. The molecule has 1 aliphatic rings. The van der Waals surface area contributed by atoms with Crippen LogP contribution >= 0.6 is 11.8 Å². The maximum atomic E-state index is 14.4. The summed E-state index contributed by atoms with van der Waals surface area (Å²) in [5.74, 6) is 0.000375. The molecule has 40 heavy (non-hydrogen) atoms. The van der Waals surface area contributed by atoms with E-state index in [1.54, 1.807) is 29.7 Å². The second-order valence-corrected chi connectivity index (χ2v) is 16.5. The van der Waals surface area contributed by atoms with Crippen molar-refractivity contribution in [1.82, 2.24) is 19.9 Å². The summed E-state index contributed by atoms with van der Waals surface area (Å²) in [6.07, 6.45) is 0.674. The molecule has 1 saturated heterocycles. The van der Waals surface area contributed by atoms with Crippen molar-refractivity contribution >= 4 is 26.5 Å². The average molecular weight is 571 g/mol. The van der Waals surface area contributed by atoms with E-state index in [2.05, 4.69) is 117 Å². The zero-order valence-electron chi connectivity index (χ0n) is 24.0. The number of carbonyl (C=O) groups excluding carboxylic acids is 1. The van der Waals surface area contributed by atoms with E-state index in [4.69, 9.17) is 0 Å². The smallest absolute Gasteiger partial charge is 0.232 e. The van der Waals surface area contributed by atoms with Gasteiger partial charge in [-0.3, -0.25) is 9.48 Å². The van der Waals surface area contributed by atoms with Crippen LogP contribution in [0.4, 0.5) is 0 Å². The van der Waals surface area contributed by atoms with Crippen LogP contribution in [0.3, 0.4) is 0 Å². The summed E-state index contributed by atoms with van der Waals surface area (Å²) >= 11 is 1.77. The van der Waals surface area contributed by atoms with Gasteiger partial charge in [0.25, 0.3) is 0 Å². The van der Waals surface area contributed by atoms with Gasteiger partial charge >= 0.3 is 0 Å². The molecule has 1 fully saturated rings. The third-order valence-electron chi connectivity index (χ3n) is 8.09. The summed E-state index contributed by atoms with van der Waals surface area (Å²) in [5.41, 5.74) is 3.37. The molecule has 2 heterocycles. The minimum Gasteiger partial charge on any atom is -0.386 e. The lowest BCUT2D eigenvalue weighted by Crippen LogP contribution is -2.74. The number of carbonyl (C=O) groups is 1. The molecular weight excluding hydrogens is 533 g/mol. The highest BCUT2D eigenvalue weighted by atomic mass is 32.2. The van der Waals surface area contributed by atoms with Crippen LogP contribution in [0.5, 0.6) is 0 Å². The first-order chi connectivity index (χ1) is 19.0. The number of hydrogen-bond acceptors (Lipinski definition) is 5. The molecule has 208 valence electrons. The standard InChI is InChI=1S/C32H38N4O2SSi/c1-30(2,3)36-28(38)32(40(5)6,27(37)26-22-35(4)34-33-26)29(36)39-31(23-16-10-7-11-17-23,24-18-12-8-13-19-24)25-20-14-9-15-21-25/h7-22,27,29,37,40H,1-6H3/t27?,29-,32+/m1/s1. The van der Waals surface area contributed by atoms with Gasteiger partial charge in [0.2, 0.25) is 5.91 Å². The predicted octanol–water partition coefficient (Wildman–Crippen LogP) is 5.77. The number of β-lactam (4-membered cyclic amide) rings is 1. The first-order valence-corrected chi connectivity index (χ1v) is 17.5. The second kappa shape index (κ2) is 10.6. The number of benzene rings is 3. The maximum Gasteiger partial charge on any atom is 0.232 e. The number of hydrogen-bond donors (Lipinski definition) is 1. The van der Waals surface area contributed by atoms with Crippen molar-refractivity contribution in [3.63, 3.8) is 0 Å². The van der Waals surface area contributed by atoms with Crippen molar-refractivity contribution in [3.8, 4) is 0 Å². The average Bonchev–Trinajstić information content (AvgIpc) is 3.38. The van der Waals surface area contributed by atoms with Crippen molar-refractivity contribution in [2.45, 2.75) is 60.7 Å². The number of nitrogens with zero attached hydrogens (tertiary/aromatic N) is 4. The normalized spacial score (nSPS) is 20.4. The number of rotatable bonds is 8. The summed E-state index contributed by atoms with van der Waals surface area (Å²) < 4.78 is 0.943. The van der Waals surface area contributed by atoms with Crippen molar-refractivity contribution in [3.05, 3.63) is 120 Å². The molecule has 0 bridgehead atoms. The number of aromatic nitrogens is 3. The summed E-state index contributed by atoms with van der Waals surface area (Å²) in [4.78, 5) is 16.4. The van der Waals surface area contributed by atoms with Crippen LogP contribution in [0.25, 0.3) is 0 Å². The highest BCUT2D eigenvalue weighted by molar-refractivity contribution is 8.01. The Kier molecular flexibility index (Phi) is 7.54. The monoisotopic (exact) mass is 570 g/mol. The van der Waals surface area contributed by atoms with E-state index in [9.17, 15) is 9.90 Å². The molecule has 3 atom stereocenters. The Hall–Kier alpha value is -3.20. The van der Waals surface area contributed by atoms with Crippen LogP contribution in [0.2, 0.25) is 18.1 Å². The first kappa shape index (κ1) is 28.3. The van der Waals surface area contributed by atoms with Gasteiger partial charge in [0.05, 0.1) is 30.2 Å². The Balaban J connectivity index is 1.79. The van der Waals surface area contributed by atoms with Crippen molar-refractivity contribution in [2.75, 3.05) is 0 Å². The van der Waals surface area contributed by atoms with Crippen LogP contribution in [-0.2, 0) is 16.6 Å². The van der Waals surface area contributed by atoms with Gasteiger partial charge in [0.15, 0.2) is 0 Å². The third-order valence-corrected chi connectivity index (χ3v) is 13.0. The molecule has 8 heteroatoms. The number of likely N-dealkylation sites (tertiary alicyclic amines) is 1. The number of aliphatic hydroxyl groups excluding tert-OH is 1. The highest BCUT2D eigenvalue weighted by Crippen LogP contribution is 2.66. The Morgan fingerprint density at radius 2 is 1.32 bits per heavy atom. The zero-order valence-corrected chi connectivity index (χ0v) is 26.0. The summed E-state index contributed by atoms with van der Waals surface area (Å²) in [5, 5.41) is 19.1. The first-order valence-electron chi connectivity index (χ1n) is 13.8. The van der Waals surface area contributed by atoms with Crippen molar-refractivity contribution < 1.29 is 9.90 Å². The Labute approximate surface area is 243 Å². The van der Waals surface area contributed by atoms with Crippen LogP contribution in [0, 0.1) is 0 Å². The van der Waals surface area contributed by atoms with E-state index in [0.29, 0.717) is 5.69 Å². The fourth-order valence-corrected chi connectivity index (χ4v) is 11.4. The molecule has 1 amide bonds. The van der Waals surface area contributed by atoms with Gasteiger partial charge in [-0.05, 0) is 37.5 Å². The molecule has 0 saturated carbocycles. The van der Waals surface area contributed by atoms with Crippen LogP contribution in [0.15, 0.2) is 97.2 Å². The molecule has 1 unspecified atom stereocenters. The van der Waals surface area contributed by atoms with Gasteiger partial charge in [-0.1, -0.05) is 109 Å². The molecule has 0 radical (unpaired) electrons. The second-order valence-electron chi connectivity index (χ2n) is 11.9. The van der Waals surface area contributed by atoms with E-state index in [-0.39, 0.29) is 11.3 Å². The van der Waals surface area contributed by atoms with E-state index in [1.807, 2.05) is 23.1 Å². The fraction of sp³-hybridized carbons (Fsp3) is 0.344. The Morgan fingerprint density at radius 1 is 0.875 bits per heavy atom. The van der Waals surface area contributed by atoms with E-state index in [0.717, 1.165) is 16.7 Å². The van der Waals surface area contributed by atoms with Gasteiger partial charge in [0, 0.05) is 12.6 Å². The van der Waals surface area contributed by atoms with Crippen LogP contribution in [-0.4, -0.2) is 50.6 Å². The van der Waals surface area contributed by atoms with Crippen molar-refractivity contribution in [2.24, 2.45) is 7.05 Å². The molecule has 5 rings (SSSR count). The highest BCUT2D eigenvalue weighted by Gasteiger charge is 2.70. The quantitative estimate of drug-likeness (QED) is 0.166.